The number of aryl methyl sites for hydroxylation is 1. The number of thiazole rings is 1. The van der Waals surface area contributed by atoms with Crippen LogP contribution in [0.15, 0.2) is 46.8 Å². The SMILES string of the molecule is Cc1ccc2nc(-c3ccc(NC(=O)CSc4nnc(NCC5CCCO5)s4)cc3)sc2c1. The minimum Gasteiger partial charge on any atom is -0.376 e. The summed E-state index contributed by atoms with van der Waals surface area (Å²) in [6.45, 7) is 3.66. The fourth-order valence-corrected chi connectivity index (χ4v) is 6.15. The molecular formula is C23H23N5O2S3. The number of aromatic nitrogens is 3. The first-order valence-electron chi connectivity index (χ1n) is 10.7. The van der Waals surface area contributed by atoms with Crippen LogP contribution in [0.5, 0.6) is 0 Å². The van der Waals surface area contributed by atoms with Crippen LogP contribution in [-0.2, 0) is 9.53 Å². The number of ether oxygens (including phenoxy) is 1. The highest BCUT2D eigenvalue weighted by Crippen LogP contribution is 2.31. The highest BCUT2D eigenvalue weighted by Gasteiger charge is 2.16. The zero-order chi connectivity index (χ0) is 22.6. The summed E-state index contributed by atoms with van der Waals surface area (Å²) in [6, 6.07) is 14.1. The lowest BCUT2D eigenvalue weighted by atomic mass is 10.2. The van der Waals surface area contributed by atoms with Gasteiger partial charge >= 0.3 is 0 Å². The third kappa shape index (κ3) is 5.70. The van der Waals surface area contributed by atoms with Crippen LogP contribution < -0.4 is 10.6 Å². The monoisotopic (exact) mass is 497 g/mol. The van der Waals surface area contributed by atoms with Crippen LogP contribution in [0.1, 0.15) is 18.4 Å². The van der Waals surface area contributed by atoms with E-state index in [0.717, 1.165) is 57.2 Å². The van der Waals surface area contributed by atoms with Gasteiger partial charge in [0.05, 0.1) is 22.1 Å². The molecule has 5 rings (SSSR count). The predicted molar refractivity (Wildman–Crippen MR) is 137 cm³/mol. The summed E-state index contributed by atoms with van der Waals surface area (Å²) in [6.07, 6.45) is 2.44. The molecule has 1 aliphatic rings. The molecule has 1 fully saturated rings. The minimum absolute atomic E-state index is 0.0766. The molecule has 4 aromatic rings. The van der Waals surface area contributed by atoms with Crippen molar-refractivity contribution in [3.05, 3.63) is 48.0 Å². The van der Waals surface area contributed by atoms with Crippen LogP contribution in [-0.4, -0.2) is 46.1 Å². The molecule has 33 heavy (non-hydrogen) atoms. The molecular weight excluding hydrogens is 474 g/mol. The first kappa shape index (κ1) is 22.3. The zero-order valence-electron chi connectivity index (χ0n) is 18.0. The van der Waals surface area contributed by atoms with Crippen molar-refractivity contribution in [1.82, 2.24) is 15.2 Å². The quantitative estimate of drug-likeness (QED) is 0.313. The summed E-state index contributed by atoms with van der Waals surface area (Å²) in [4.78, 5) is 17.1. The molecule has 0 saturated carbocycles. The van der Waals surface area contributed by atoms with Crippen LogP contribution in [0.25, 0.3) is 20.8 Å². The summed E-state index contributed by atoms with van der Waals surface area (Å²) >= 11 is 4.52. The number of carbonyl (C=O) groups excluding carboxylic acids is 1. The largest absolute Gasteiger partial charge is 0.376 e. The number of anilines is 2. The maximum Gasteiger partial charge on any atom is 0.234 e. The van der Waals surface area contributed by atoms with Crippen LogP contribution in [0.2, 0.25) is 0 Å². The van der Waals surface area contributed by atoms with Gasteiger partial charge in [-0.3, -0.25) is 4.79 Å². The van der Waals surface area contributed by atoms with Crippen molar-refractivity contribution < 1.29 is 9.53 Å². The van der Waals surface area contributed by atoms with E-state index < -0.39 is 0 Å². The van der Waals surface area contributed by atoms with Crippen molar-refractivity contribution in [2.45, 2.75) is 30.2 Å². The Morgan fingerprint density at radius 3 is 2.88 bits per heavy atom. The van der Waals surface area contributed by atoms with Crippen molar-refractivity contribution in [2.75, 3.05) is 29.5 Å². The highest BCUT2D eigenvalue weighted by atomic mass is 32.2. The van der Waals surface area contributed by atoms with Crippen LogP contribution >= 0.6 is 34.4 Å². The normalized spacial score (nSPS) is 15.7. The van der Waals surface area contributed by atoms with Crippen molar-refractivity contribution in [3.8, 4) is 10.6 Å². The van der Waals surface area contributed by atoms with Crippen LogP contribution in [0, 0.1) is 6.92 Å². The van der Waals surface area contributed by atoms with E-state index in [0.29, 0.717) is 0 Å². The Hall–Kier alpha value is -2.53. The molecule has 2 N–H and O–H groups in total. The number of thioether (sulfide) groups is 1. The minimum atomic E-state index is -0.0766. The summed E-state index contributed by atoms with van der Waals surface area (Å²) in [5.41, 5.74) is 4.04. The molecule has 2 aromatic heterocycles. The smallest absolute Gasteiger partial charge is 0.234 e. The number of amides is 1. The van der Waals surface area contributed by atoms with Gasteiger partial charge in [-0.15, -0.1) is 21.5 Å². The number of rotatable bonds is 8. The lowest BCUT2D eigenvalue weighted by Gasteiger charge is -2.08. The van der Waals surface area contributed by atoms with Crippen molar-refractivity contribution in [2.24, 2.45) is 0 Å². The molecule has 1 saturated heterocycles. The lowest BCUT2D eigenvalue weighted by Crippen LogP contribution is -2.18. The van der Waals surface area contributed by atoms with Crippen molar-refractivity contribution in [3.63, 3.8) is 0 Å². The molecule has 7 nitrogen and oxygen atoms in total. The Labute approximate surface area is 204 Å². The number of hydrogen-bond donors (Lipinski definition) is 2. The molecule has 3 heterocycles. The van der Waals surface area contributed by atoms with Gasteiger partial charge in [-0.1, -0.05) is 29.2 Å². The van der Waals surface area contributed by atoms with Gasteiger partial charge < -0.3 is 15.4 Å². The standard InChI is InChI=1S/C23H23N5O2S3/c1-14-4-9-18-19(11-14)32-21(26-18)15-5-7-16(8-6-15)25-20(29)13-31-23-28-27-22(33-23)24-12-17-3-2-10-30-17/h4-9,11,17H,2-3,10,12-13H2,1H3,(H,24,27)(H,25,29). The number of benzene rings is 2. The summed E-state index contributed by atoms with van der Waals surface area (Å²) in [7, 11) is 0. The number of nitrogens with zero attached hydrogens (tertiary/aromatic N) is 3. The van der Waals surface area contributed by atoms with Gasteiger partial charge in [0.1, 0.15) is 5.01 Å². The molecule has 10 heteroatoms. The van der Waals surface area contributed by atoms with E-state index in [1.807, 2.05) is 24.3 Å². The van der Waals surface area contributed by atoms with Gasteiger partial charge in [-0.25, -0.2) is 4.98 Å². The second-order valence-electron chi connectivity index (χ2n) is 7.79. The number of nitrogens with one attached hydrogen (secondary N) is 2. The maximum absolute atomic E-state index is 12.4. The first-order valence-corrected chi connectivity index (χ1v) is 13.3. The fraction of sp³-hybridized carbons (Fsp3) is 0.304. The van der Waals surface area contributed by atoms with Gasteiger partial charge in [0.15, 0.2) is 4.34 Å². The van der Waals surface area contributed by atoms with E-state index in [1.165, 1.54) is 33.4 Å². The molecule has 1 atom stereocenters. The Morgan fingerprint density at radius 2 is 2.06 bits per heavy atom. The Bertz CT molecular complexity index is 1250. The number of hydrogen-bond acceptors (Lipinski definition) is 9. The Balaban J connectivity index is 1.12. The topological polar surface area (TPSA) is 89.0 Å². The molecule has 2 aromatic carbocycles. The summed E-state index contributed by atoms with van der Waals surface area (Å²) in [5, 5.41) is 16.2. The lowest BCUT2D eigenvalue weighted by molar-refractivity contribution is -0.113. The zero-order valence-corrected chi connectivity index (χ0v) is 20.5. The van der Waals surface area contributed by atoms with E-state index >= 15 is 0 Å². The average Bonchev–Trinajstić information content (AvgIpc) is 3.57. The van der Waals surface area contributed by atoms with Crippen molar-refractivity contribution in [1.29, 1.82) is 0 Å². The Morgan fingerprint density at radius 1 is 1.18 bits per heavy atom. The molecule has 0 aliphatic carbocycles. The van der Waals surface area contributed by atoms with Gasteiger partial charge in [0.25, 0.3) is 0 Å². The molecule has 1 aliphatic heterocycles. The molecule has 1 amide bonds. The van der Waals surface area contributed by atoms with Gasteiger partial charge in [0, 0.05) is 24.4 Å². The van der Waals surface area contributed by atoms with E-state index in [2.05, 4.69) is 46.0 Å². The van der Waals surface area contributed by atoms with E-state index in [-0.39, 0.29) is 17.8 Å². The van der Waals surface area contributed by atoms with Gasteiger partial charge in [0.2, 0.25) is 11.0 Å². The third-order valence-corrected chi connectivity index (χ3v) is 8.28. The van der Waals surface area contributed by atoms with Crippen molar-refractivity contribution >= 4 is 61.4 Å². The molecule has 0 spiro atoms. The number of carbonyl (C=O) groups is 1. The molecule has 0 bridgehead atoms. The Kier molecular flexibility index (Phi) is 6.86. The molecule has 1 unspecified atom stereocenters. The van der Waals surface area contributed by atoms with Gasteiger partial charge in [-0.2, -0.15) is 0 Å². The summed E-state index contributed by atoms with van der Waals surface area (Å²) in [5.74, 6) is 0.201. The van der Waals surface area contributed by atoms with E-state index in [9.17, 15) is 4.79 Å². The van der Waals surface area contributed by atoms with Crippen LogP contribution in [0.4, 0.5) is 10.8 Å². The molecule has 170 valence electrons. The molecule has 0 radical (unpaired) electrons. The first-order chi connectivity index (χ1) is 16.1. The highest BCUT2D eigenvalue weighted by molar-refractivity contribution is 8.01. The van der Waals surface area contributed by atoms with Crippen LogP contribution in [0.3, 0.4) is 0 Å². The second-order valence-corrected chi connectivity index (χ2v) is 11.0. The van der Waals surface area contributed by atoms with E-state index in [4.69, 9.17) is 9.72 Å². The average molecular weight is 498 g/mol. The number of fused-ring (bicyclic) bond motifs is 1. The predicted octanol–water partition coefficient (Wildman–Crippen LogP) is 5.44. The fourth-order valence-electron chi connectivity index (χ4n) is 3.52. The van der Waals surface area contributed by atoms with E-state index in [1.54, 1.807) is 11.3 Å². The summed E-state index contributed by atoms with van der Waals surface area (Å²) < 4.78 is 7.55. The van der Waals surface area contributed by atoms with Gasteiger partial charge in [-0.05, 0) is 61.7 Å². The third-order valence-electron chi connectivity index (χ3n) is 5.20. The second kappa shape index (κ2) is 10.2. The maximum atomic E-state index is 12.4.